The van der Waals surface area contributed by atoms with Gasteiger partial charge in [-0.3, -0.25) is 9.59 Å². The second-order valence-electron chi connectivity index (χ2n) is 7.51. The number of rotatable bonds is 5. The largest absolute Gasteiger partial charge is 0.494 e. The molecule has 0 bridgehead atoms. The maximum Gasteiger partial charge on any atom is 0.282 e. The fourth-order valence-electron chi connectivity index (χ4n) is 4.00. The number of hydrogen-bond donors (Lipinski definition) is 0. The van der Waals surface area contributed by atoms with E-state index in [1.165, 1.54) is 4.90 Å². The topological polar surface area (TPSA) is 49.9 Å². The number of imide groups is 1. The molecular formula is C24H26N2O3. The molecular weight excluding hydrogens is 364 g/mol. The molecule has 2 aromatic rings. The van der Waals surface area contributed by atoms with Crippen molar-refractivity contribution in [2.45, 2.75) is 33.1 Å². The third-order valence-corrected chi connectivity index (χ3v) is 5.48. The van der Waals surface area contributed by atoms with Crippen LogP contribution in [0.15, 0.2) is 54.2 Å². The van der Waals surface area contributed by atoms with E-state index >= 15 is 0 Å². The van der Waals surface area contributed by atoms with Crippen LogP contribution in [0.5, 0.6) is 5.75 Å². The monoisotopic (exact) mass is 390 g/mol. The molecule has 2 aliphatic rings. The van der Waals surface area contributed by atoms with Gasteiger partial charge >= 0.3 is 0 Å². The summed E-state index contributed by atoms with van der Waals surface area (Å²) in [6.07, 6.45) is 3.23. The smallest absolute Gasteiger partial charge is 0.282 e. The van der Waals surface area contributed by atoms with E-state index in [1.807, 2.05) is 62.4 Å². The van der Waals surface area contributed by atoms with E-state index in [4.69, 9.17) is 4.74 Å². The van der Waals surface area contributed by atoms with Gasteiger partial charge in [0.1, 0.15) is 11.4 Å². The van der Waals surface area contributed by atoms with Gasteiger partial charge in [-0.05, 0) is 62.9 Å². The van der Waals surface area contributed by atoms with Crippen LogP contribution in [-0.4, -0.2) is 36.4 Å². The second kappa shape index (κ2) is 8.11. The minimum absolute atomic E-state index is 0.232. The van der Waals surface area contributed by atoms with Gasteiger partial charge in [0.05, 0.1) is 17.9 Å². The standard InChI is InChI=1S/C24H26N2O3/c1-3-29-20-13-9-18(10-14-20)21-22(25-15-5-4-6-16-25)24(28)26(23(21)27)19-11-7-17(2)8-12-19/h7-14H,3-6,15-16H2,1-2H3. The van der Waals surface area contributed by atoms with Crippen LogP contribution < -0.4 is 9.64 Å². The molecule has 0 spiro atoms. The van der Waals surface area contributed by atoms with E-state index in [9.17, 15) is 9.59 Å². The number of amides is 2. The quantitative estimate of drug-likeness (QED) is 0.719. The van der Waals surface area contributed by atoms with Gasteiger partial charge in [0, 0.05) is 13.1 Å². The normalized spacial score (nSPS) is 17.3. The lowest BCUT2D eigenvalue weighted by Gasteiger charge is -2.29. The van der Waals surface area contributed by atoms with Crippen LogP contribution in [-0.2, 0) is 9.59 Å². The zero-order chi connectivity index (χ0) is 20.4. The van der Waals surface area contributed by atoms with Gasteiger partial charge in [-0.15, -0.1) is 0 Å². The first-order valence-corrected chi connectivity index (χ1v) is 10.3. The molecule has 5 nitrogen and oxygen atoms in total. The van der Waals surface area contributed by atoms with Gasteiger partial charge in [0.2, 0.25) is 0 Å². The molecule has 2 heterocycles. The van der Waals surface area contributed by atoms with Gasteiger partial charge in [-0.2, -0.15) is 0 Å². The third-order valence-electron chi connectivity index (χ3n) is 5.48. The lowest BCUT2D eigenvalue weighted by atomic mass is 10.0. The van der Waals surface area contributed by atoms with E-state index in [0.29, 0.717) is 23.6 Å². The van der Waals surface area contributed by atoms with Crippen molar-refractivity contribution in [1.29, 1.82) is 0 Å². The van der Waals surface area contributed by atoms with Crippen molar-refractivity contribution in [2.24, 2.45) is 0 Å². The van der Waals surface area contributed by atoms with Crippen LogP contribution in [0.4, 0.5) is 5.69 Å². The van der Waals surface area contributed by atoms with Crippen molar-refractivity contribution in [3.63, 3.8) is 0 Å². The van der Waals surface area contributed by atoms with Crippen molar-refractivity contribution < 1.29 is 14.3 Å². The highest BCUT2D eigenvalue weighted by atomic mass is 16.5. The molecule has 1 saturated heterocycles. The lowest BCUT2D eigenvalue weighted by Crippen LogP contribution is -2.37. The number of aryl methyl sites for hydroxylation is 1. The van der Waals surface area contributed by atoms with Crippen molar-refractivity contribution >= 4 is 23.1 Å². The van der Waals surface area contributed by atoms with Gasteiger partial charge < -0.3 is 9.64 Å². The molecule has 150 valence electrons. The minimum Gasteiger partial charge on any atom is -0.494 e. The lowest BCUT2D eigenvalue weighted by molar-refractivity contribution is -0.120. The molecule has 0 unspecified atom stereocenters. The van der Waals surface area contributed by atoms with Crippen LogP contribution in [0.1, 0.15) is 37.3 Å². The van der Waals surface area contributed by atoms with E-state index in [-0.39, 0.29) is 11.8 Å². The summed E-state index contributed by atoms with van der Waals surface area (Å²) >= 11 is 0. The average Bonchev–Trinajstić information content (AvgIpc) is 3.00. The molecule has 2 aliphatic heterocycles. The van der Waals surface area contributed by atoms with Crippen LogP contribution in [0, 0.1) is 6.92 Å². The average molecular weight is 390 g/mol. The predicted molar refractivity (Wildman–Crippen MR) is 114 cm³/mol. The Morgan fingerprint density at radius 1 is 0.862 bits per heavy atom. The van der Waals surface area contributed by atoms with E-state index in [0.717, 1.165) is 49.2 Å². The van der Waals surface area contributed by atoms with Crippen molar-refractivity contribution in [2.75, 3.05) is 24.6 Å². The number of benzene rings is 2. The zero-order valence-corrected chi connectivity index (χ0v) is 17.0. The molecule has 0 aliphatic carbocycles. The highest BCUT2D eigenvalue weighted by molar-refractivity contribution is 6.45. The fraction of sp³-hybridized carbons (Fsp3) is 0.333. The molecule has 4 rings (SSSR count). The summed E-state index contributed by atoms with van der Waals surface area (Å²) in [6.45, 7) is 6.11. The first kappa shape index (κ1) is 19.2. The van der Waals surface area contributed by atoms with Crippen molar-refractivity contribution in [1.82, 2.24) is 4.90 Å². The molecule has 0 N–H and O–H groups in total. The number of hydrogen-bond acceptors (Lipinski definition) is 4. The van der Waals surface area contributed by atoms with Gasteiger partial charge in [0.15, 0.2) is 0 Å². The first-order chi connectivity index (χ1) is 14.1. The van der Waals surface area contributed by atoms with E-state index in [2.05, 4.69) is 4.90 Å². The van der Waals surface area contributed by atoms with Gasteiger partial charge in [-0.25, -0.2) is 4.90 Å². The number of anilines is 1. The number of likely N-dealkylation sites (tertiary alicyclic amines) is 1. The molecule has 5 heteroatoms. The van der Waals surface area contributed by atoms with Crippen molar-refractivity contribution in [3.8, 4) is 5.75 Å². The number of piperidine rings is 1. The maximum atomic E-state index is 13.5. The molecule has 29 heavy (non-hydrogen) atoms. The molecule has 1 fully saturated rings. The van der Waals surface area contributed by atoms with Crippen LogP contribution in [0.2, 0.25) is 0 Å². The number of carbonyl (C=O) groups is 2. The number of nitrogens with zero attached hydrogens (tertiary/aromatic N) is 2. The minimum atomic E-state index is -0.261. The molecule has 2 aromatic carbocycles. The highest BCUT2D eigenvalue weighted by Gasteiger charge is 2.42. The Morgan fingerprint density at radius 2 is 1.52 bits per heavy atom. The second-order valence-corrected chi connectivity index (χ2v) is 7.51. The summed E-state index contributed by atoms with van der Waals surface area (Å²) in [5.41, 5.74) is 3.46. The molecule has 0 radical (unpaired) electrons. The Bertz CT molecular complexity index is 939. The highest BCUT2D eigenvalue weighted by Crippen LogP contribution is 2.36. The zero-order valence-electron chi connectivity index (χ0n) is 17.0. The molecule has 0 saturated carbocycles. The van der Waals surface area contributed by atoms with Crippen molar-refractivity contribution in [3.05, 3.63) is 65.4 Å². The predicted octanol–water partition coefficient (Wildman–Crippen LogP) is 4.16. The summed E-state index contributed by atoms with van der Waals surface area (Å²) in [5, 5.41) is 0. The van der Waals surface area contributed by atoms with Crippen LogP contribution >= 0.6 is 0 Å². The Morgan fingerprint density at radius 3 is 2.14 bits per heavy atom. The summed E-state index contributed by atoms with van der Waals surface area (Å²) < 4.78 is 5.53. The first-order valence-electron chi connectivity index (χ1n) is 10.3. The number of ether oxygens (including phenoxy) is 1. The maximum absolute atomic E-state index is 13.5. The third kappa shape index (κ3) is 3.65. The van der Waals surface area contributed by atoms with E-state index in [1.54, 1.807) is 0 Å². The van der Waals surface area contributed by atoms with Gasteiger partial charge in [-0.1, -0.05) is 29.8 Å². The van der Waals surface area contributed by atoms with Crippen LogP contribution in [0.3, 0.4) is 0 Å². The summed E-state index contributed by atoms with van der Waals surface area (Å²) in [4.78, 5) is 30.3. The summed E-state index contributed by atoms with van der Waals surface area (Å²) in [7, 11) is 0. The van der Waals surface area contributed by atoms with Crippen LogP contribution in [0.25, 0.3) is 5.57 Å². The Balaban J connectivity index is 1.77. The summed E-state index contributed by atoms with van der Waals surface area (Å²) in [5.74, 6) is 0.261. The molecule has 0 aromatic heterocycles. The Labute approximate surface area is 171 Å². The summed E-state index contributed by atoms with van der Waals surface area (Å²) in [6, 6.07) is 15.0. The Hall–Kier alpha value is -3.08. The SMILES string of the molecule is CCOc1ccc(C2=C(N3CCCCC3)C(=O)N(c3ccc(C)cc3)C2=O)cc1. The fourth-order valence-corrected chi connectivity index (χ4v) is 4.00. The number of carbonyl (C=O) groups excluding carboxylic acids is 2. The van der Waals surface area contributed by atoms with Gasteiger partial charge in [0.25, 0.3) is 11.8 Å². The molecule has 0 atom stereocenters. The molecule has 2 amide bonds. The Kier molecular flexibility index (Phi) is 5.38. The van der Waals surface area contributed by atoms with E-state index < -0.39 is 0 Å².